The summed E-state index contributed by atoms with van der Waals surface area (Å²) >= 11 is 5.64. The van der Waals surface area contributed by atoms with Crippen molar-refractivity contribution in [3.63, 3.8) is 0 Å². The Morgan fingerprint density at radius 2 is 1.89 bits per heavy atom. The minimum atomic E-state index is -2.50. The quantitative estimate of drug-likeness (QED) is 0.652. The Kier molecular flexibility index (Phi) is 6.51. The lowest BCUT2D eigenvalue weighted by Crippen LogP contribution is -2.46. The van der Waals surface area contributed by atoms with E-state index in [1.54, 1.807) is 0 Å². The molecule has 0 radical (unpaired) electrons. The molecule has 1 rings (SSSR count). The zero-order valence-electron chi connectivity index (χ0n) is 11.8. The van der Waals surface area contributed by atoms with Crippen molar-refractivity contribution < 1.29 is 13.6 Å². The molecule has 0 saturated heterocycles. The van der Waals surface area contributed by atoms with E-state index in [1.807, 2.05) is 0 Å². The first-order valence-electron chi connectivity index (χ1n) is 7.05. The van der Waals surface area contributed by atoms with Crippen molar-refractivity contribution in [2.45, 2.75) is 52.4 Å². The number of rotatable bonds is 7. The molecule has 0 spiro atoms. The largest absolute Gasteiger partial charge is 0.335 e. The van der Waals surface area contributed by atoms with Gasteiger partial charge in [-0.1, -0.05) is 26.7 Å². The number of alkyl halides is 3. The maximum Gasteiger partial charge on any atom is 0.255 e. The van der Waals surface area contributed by atoms with Gasteiger partial charge in [-0.05, 0) is 25.2 Å². The van der Waals surface area contributed by atoms with Crippen LogP contribution >= 0.6 is 11.6 Å². The van der Waals surface area contributed by atoms with Crippen LogP contribution in [0.3, 0.4) is 0 Å². The molecule has 19 heavy (non-hydrogen) atoms. The van der Waals surface area contributed by atoms with Crippen molar-refractivity contribution in [1.82, 2.24) is 4.90 Å². The Morgan fingerprint density at radius 3 is 2.32 bits per heavy atom. The van der Waals surface area contributed by atoms with Crippen molar-refractivity contribution in [2.75, 3.05) is 19.0 Å². The minimum absolute atomic E-state index is 0.111. The Labute approximate surface area is 119 Å². The number of nitrogens with zero attached hydrogens (tertiary/aromatic N) is 1. The lowest BCUT2D eigenvalue weighted by molar-refractivity contribution is -0.144. The average Bonchev–Trinajstić information content (AvgIpc) is 2.75. The zero-order chi connectivity index (χ0) is 14.5. The van der Waals surface area contributed by atoms with Crippen LogP contribution in [0, 0.1) is 11.3 Å². The molecule has 2 nitrogen and oxygen atoms in total. The van der Waals surface area contributed by atoms with Crippen LogP contribution in [0.1, 0.15) is 46.0 Å². The molecule has 1 aliphatic rings. The predicted molar refractivity (Wildman–Crippen MR) is 73.7 cm³/mol. The predicted octanol–water partition coefficient (Wildman–Crippen LogP) is 3.93. The zero-order valence-corrected chi connectivity index (χ0v) is 12.6. The van der Waals surface area contributed by atoms with Crippen molar-refractivity contribution >= 4 is 17.5 Å². The average molecular weight is 296 g/mol. The number of halogens is 3. The molecule has 0 unspecified atom stereocenters. The molecule has 1 fully saturated rings. The molecule has 1 aliphatic carbocycles. The van der Waals surface area contributed by atoms with Crippen LogP contribution in [-0.4, -0.2) is 36.2 Å². The minimum Gasteiger partial charge on any atom is -0.335 e. The van der Waals surface area contributed by atoms with Crippen LogP contribution in [0.15, 0.2) is 0 Å². The van der Waals surface area contributed by atoms with E-state index in [9.17, 15) is 13.6 Å². The monoisotopic (exact) mass is 295 g/mol. The highest BCUT2D eigenvalue weighted by Gasteiger charge is 2.43. The van der Waals surface area contributed by atoms with E-state index in [1.165, 1.54) is 4.90 Å². The summed E-state index contributed by atoms with van der Waals surface area (Å²) in [5, 5.41) is 0. The summed E-state index contributed by atoms with van der Waals surface area (Å²) in [4.78, 5) is 13.9. The van der Waals surface area contributed by atoms with Gasteiger partial charge in [0.05, 0.1) is 6.54 Å². The molecule has 5 heteroatoms. The molecule has 0 aliphatic heterocycles. The Balaban J connectivity index is 2.83. The van der Waals surface area contributed by atoms with E-state index in [-0.39, 0.29) is 18.3 Å². The molecule has 112 valence electrons. The Bertz CT molecular complexity index is 291. The molecule has 0 aromatic heterocycles. The van der Waals surface area contributed by atoms with E-state index in [2.05, 4.69) is 13.8 Å². The normalized spacial score (nSPS) is 18.3. The van der Waals surface area contributed by atoms with Crippen molar-refractivity contribution in [2.24, 2.45) is 11.3 Å². The van der Waals surface area contributed by atoms with Crippen LogP contribution in [-0.2, 0) is 4.79 Å². The van der Waals surface area contributed by atoms with Gasteiger partial charge >= 0.3 is 0 Å². The summed E-state index contributed by atoms with van der Waals surface area (Å²) in [7, 11) is 0. The number of hydrogen-bond donors (Lipinski definition) is 0. The van der Waals surface area contributed by atoms with E-state index in [0.29, 0.717) is 5.92 Å². The first-order valence-corrected chi connectivity index (χ1v) is 7.58. The summed E-state index contributed by atoms with van der Waals surface area (Å²) in [6, 6.07) is 0. The summed E-state index contributed by atoms with van der Waals surface area (Å²) in [5.41, 5.74) is -0.422. The number of amides is 1. The third-order valence-corrected chi connectivity index (χ3v) is 3.98. The summed E-state index contributed by atoms with van der Waals surface area (Å²) in [5.74, 6) is 0.488. The SMILES string of the molecule is CC(C)CC1(C(=O)N(CCCl)CC(F)F)CCCC1. The second-order valence-electron chi connectivity index (χ2n) is 5.92. The van der Waals surface area contributed by atoms with Gasteiger partial charge in [0.15, 0.2) is 0 Å². The lowest BCUT2D eigenvalue weighted by Gasteiger charge is -2.35. The second kappa shape index (κ2) is 7.41. The van der Waals surface area contributed by atoms with Crippen molar-refractivity contribution in [3.8, 4) is 0 Å². The van der Waals surface area contributed by atoms with Gasteiger partial charge in [0.2, 0.25) is 5.91 Å². The van der Waals surface area contributed by atoms with Gasteiger partial charge in [-0.25, -0.2) is 8.78 Å². The number of carbonyl (C=O) groups excluding carboxylic acids is 1. The smallest absolute Gasteiger partial charge is 0.255 e. The maximum absolute atomic E-state index is 12.7. The van der Waals surface area contributed by atoms with Crippen LogP contribution in [0.25, 0.3) is 0 Å². The summed E-state index contributed by atoms with van der Waals surface area (Å²) < 4.78 is 25.2. The Morgan fingerprint density at radius 1 is 1.32 bits per heavy atom. The summed E-state index contributed by atoms with van der Waals surface area (Å²) in [6.07, 6.45) is 1.97. The van der Waals surface area contributed by atoms with Crippen LogP contribution in [0.4, 0.5) is 8.78 Å². The van der Waals surface area contributed by atoms with Gasteiger partial charge in [0, 0.05) is 17.8 Å². The Hall–Kier alpha value is -0.380. The molecule has 0 heterocycles. The van der Waals surface area contributed by atoms with E-state index >= 15 is 0 Å². The van der Waals surface area contributed by atoms with Crippen LogP contribution < -0.4 is 0 Å². The molecule has 0 atom stereocenters. The standard InChI is InChI=1S/C14H24ClF2NO/c1-11(2)9-14(5-3-4-6-14)13(19)18(8-7-15)10-12(16)17/h11-12H,3-10H2,1-2H3. The van der Waals surface area contributed by atoms with Gasteiger partial charge in [0.25, 0.3) is 6.43 Å². The van der Waals surface area contributed by atoms with Gasteiger partial charge in [-0.3, -0.25) is 4.79 Å². The fourth-order valence-electron chi connectivity index (χ4n) is 3.22. The second-order valence-corrected chi connectivity index (χ2v) is 6.29. The fourth-order valence-corrected chi connectivity index (χ4v) is 3.42. The molecular formula is C14H24ClF2NO. The van der Waals surface area contributed by atoms with Gasteiger partial charge in [-0.15, -0.1) is 11.6 Å². The van der Waals surface area contributed by atoms with Gasteiger partial charge in [0.1, 0.15) is 0 Å². The van der Waals surface area contributed by atoms with Crippen molar-refractivity contribution in [1.29, 1.82) is 0 Å². The van der Waals surface area contributed by atoms with Crippen LogP contribution in [0.5, 0.6) is 0 Å². The molecule has 0 aromatic carbocycles. The maximum atomic E-state index is 12.7. The molecular weight excluding hydrogens is 272 g/mol. The summed E-state index contributed by atoms with van der Waals surface area (Å²) in [6.45, 7) is 3.87. The topological polar surface area (TPSA) is 20.3 Å². The fraction of sp³-hybridized carbons (Fsp3) is 0.929. The highest BCUT2D eigenvalue weighted by atomic mass is 35.5. The van der Waals surface area contributed by atoms with E-state index in [4.69, 9.17) is 11.6 Å². The lowest BCUT2D eigenvalue weighted by atomic mass is 9.77. The molecule has 0 N–H and O–H groups in total. The molecule has 0 aromatic rings. The number of hydrogen-bond acceptors (Lipinski definition) is 1. The van der Waals surface area contributed by atoms with E-state index in [0.717, 1.165) is 32.1 Å². The number of carbonyl (C=O) groups is 1. The van der Waals surface area contributed by atoms with E-state index < -0.39 is 18.4 Å². The highest BCUT2D eigenvalue weighted by Crippen LogP contribution is 2.44. The van der Waals surface area contributed by atoms with Gasteiger partial charge < -0.3 is 4.90 Å². The molecule has 0 bridgehead atoms. The van der Waals surface area contributed by atoms with Crippen molar-refractivity contribution in [3.05, 3.63) is 0 Å². The third-order valence-electron chi connectivity index (χ3n) is 3.81. The van der Waals surface area contributed by atoms with Gasteiger partial charge in [-0.2, -0.15) is 0 Å². The highest BCUT2D eigenvalue weighted by molar-refractivity contribution is 6.18. The first-order chi connectivity index (χ1) is 8.91. The molecule has 1 amide bonds. The third kappa shape index (κ3) is 4.59. The first kappa shape index (κ1) is 16.7. The molecule has 1 saturated carbocycles. The van der Waals surface area contributed by atoms with Crippen LogP contribution in [0.2, 0.25) is 0 Å².